The van der Waals surface area contributed by atoms with E-state index in [2.05, 4.69) is 174 Å². The highest BCUT2D eigenvalue weighted by atomic mass is 15.1. The summed E-state index contributed by atoms with van der Waals surface area (Å²) < 4.78 is 2.34. The van der Waals surface area contributed by atoms with Crippen molar-refractivity contribution in [1.29, 1.82) is 0 Å². The number of nitrogens with zero attached hydrogens (tertiary/aromatic N) is 4. The van der Waals surface area contributed by atoms with E-state index < -0.39 is 0 Å². The molecule has 2 aromatic heterocycles. The van der Waals surface area contributed by atoms with Gasteiger partial charge >= 0.3 is 0 Å². The van der Waals surface area contributed by atoms with Gasteiger partial charge in [0.2, 0.25) is 0 Å². The van der Waals surface area contributed by atoms with Crippen molar-refractivity contribution in [2.45, 2.75) is 0 Å². The third-order valence-corrected chi connectivity index (χ3v) is 10.4. The summed E-state index contributed by atoms with van der Waals surface area (Å²) in [5.74, 6) is 1.92. The Balaban J connectivity index is 1.16. The third kappa shape index (κ3) is 4.23. The summed E-state index contributed by atoms with van der Waals surface area (Å²) in [6, 6.07) is 60.3. The zero-order valence-electron chi connectivity index (χ0n) is 27.5. The van der Waals surface area contributed by atoms with E-state index in [0.717, 1.165) is 38.8 Å². The van der Waals surface area contributed by atoms with Gasteiger partial charge in [-0.2, -0.15) is 0 Å². The van der Waals surface area contributed by atoms with Crippen LogP contribution < -0.4 is 0 Å². The predicted octanol–water partition coefficient (Wildman–Crippen LogP) is 11.9. The molecule has 11 rings (SSSR count). The minimum absolute atomic E-state index is 0.631. The molecule has 236 valence electrons. The lowest BCUT2D eigenvalue weighted by molar-refractivity contribution is 1.06. The van der Waals surface area contributed by atoms with E-state index in [1.807, 2.05) is 0 Å². The Hall–Kier alpha value is -6.91. The van der Waals surface area contributed by atoms with Crippen LogP contribution >= 0.6 is 0 Å². The Bertz CT molecular complexity index is 2990. The molecule has 1 aliphatic carbocycles. The predicted molar refractivity (Wildman–Crippen MR) is 210 cm³/mol. The van der Waals surface area contributed by atoms with E-state index >= 15 is 0 Å². The molecule has 0 spiro atoms. The molecule has 0 saturated heterocycles. The lowest BCUT2D eigenvalue weighted by Gasteiger charge is -2.15. The van der Waals surface area contributed by atoms with Gasteiger partial charge in [-0.05, 0) is 80.2 Å². The Kier molecular flexibility index (Phi) is 5.92. The molecule has 0 atom stereocenters. The monoisotopic (exact) mass is 648 g/mol. The van der Waals surface area contributed by atoms with Crippen molar-refractivity contribution in [2.75, 3.05) is 0 Å². The van der Waals surface area contributed by atoms with Crippen molar-refractivity contribution in [3.05, 3.63) is 170 Å². The van der Waals surface area contributed by atoms with Crippen molar-refractivity contribution in [2.24, 2.45) is 0 Å². The molecule has 10 aromatic rings. The lowest BCUT2D eigenvalue weighted by Crippen LogP contribution is -2.03. The maximum absolute atomic E-state index is 5.28. The first-order valence-corrected chi connectivity index (χ1v) is 17.3. The molecule has 0 radical (unpaired) electrons. The van der Waals surface area contributed by atoms with Crippen LogP contribution in [-0.2, 0) is 0 Å². The number of hydrogen-bond donors (Lipinski definition) is 0. The van der Waals surface area contributed by atoms with Gasteiger partial charge in [0.1, 0.15) is 0 Å². The number of hydrogen-bond acceptors (Lipinski definition) is 3. The molecular formula is C47H28N4. The van der Waals surface area contributed by atoms with Gasteiger partial charge in [0, 0.05) is 27.5 Å². The zero-order chi connectivity index (χ0) is 33.5. The summed E-state index contributed by atoms with van der Waals surface area (Å²) in [4.78, 5) is 15.7. The fourth-order valence-electron chi connectivity index (χ4n) is 8.05. The number of aromatic nitrogens is 4. The second kappa shape index (κ2) is 10.8. The quantitative estimate of drug-likeness (QED) is 0.191. The average molecular weight is 649 g/mol. The maximum atomic E-state index is 5.28. The molecule has 0 aliphatic heterocycles. The summed E-state index contributed by atoms with van der Waals surface area (Å²) in [6.45, 7) is 0. The molecule has 2 heterocycles. The van der Waals surface area contributed by atoms with Crippen LogP contribution in [-0.4, -0.2) is 19.5 Å². The normalized spacial score (nSPS) is 11.9. The van der Waals surface area contributed by atoms with E-state index in [1.54, 1.807) is 0 Å². The van der Waals surface area contributed by atoms with E-state index in [-0.39, 0.29) is 0 Å². The smallest absolute Gasteiger partial charge is 0.166 e. The Morgan fingerprint density at radius 1 is 0.333 bits per heavy atom. The largest absolute Gasteiger partial charge is 0.309 e. The van der Waals surface area contributed by atoms with E-state index in [4.69, 9.17) is 15.0 Å². The van der Waals surface area contributed by atoms with Crippen molar-refractivity contribution >= 4 is 43.4 Å². The number of para-hydroxylation sites is 3. The summed E-state index contributed by atoms with van der Waals surface area (Å²) in [5, 5.41) is 7.31. The van der Waals surface area contributed by atoms with Crippen LogP contribution in [0.4, 0.5) is 0 Å². The van der Waals surface area contributed by atoms with Gasteiger partial charge in [-0.3, -0.25) is 0 Å². The summed E-state index contributed by atoms with van der Waals surface area (Å²) in [7, 11) is 0. The minimum Gasteiger partial charge on any atom is -0.309 e. The molecule has 8 aromatic carbocycles. The number of rotatable bonds is 4. The molecular weight excluding hydrogens is 621 g/mol. The van der Waals surface area contributed by atoms with Crippen LogP contribution in [0.5, 0.6) is 0 Å². The van der Waals surface area contributed by atoms with E-state index in [0.29, 0.717) is 17.5 Å². The number of fused-ring (bicyclic) bond motifs is 7. The van der Waals surface area contributed by atoms with Gasteiger partial charge in [0.05, 0.1) is 16.7 Å². The van der Waals surface area contributed by atoms with Crippen LogP contribution in [0, 0.1) is 0 Å². The molecule has 0 fully saturated rings. The molecule has 0 saturated carbocycles. The van der Waals surface area contributed by atoms with Crippen molar-refractivity contribution in [3.63, 3.8) is 0 Å². The highest BCUT2D eigenvalue weighted by Crippen LogP contribution is 2.48. The second-order valence-corrected chi connectivity index (χ2v) is 13.2. The fourth-order valence-corrected chi connectivity index (χ4v) is 8.05. The Morgan fingerprint density at radius 2 is 0.882 bits per heavy atom. The summed E-state index contributed by atoms with van der Waals surface area (Å²) >= 11 is 0. The summed E-state index contributed by atoms with van der Waals surface area (Å²) in [6.07, 6.45) is 0. The van der Waals surface area contributed by atoms with E-state index in [1.165, 1.54) is 49.2 Å². The number of benzene rings is 8. The topological polar surface area (TPSA) is 43.6 Å². The fraction of sp³-hybridized carbons (Fsp3) is 0. The van der Waals surface area contributed by atoms with E-state index in [9.17, 15) is 0 Å². The molecule has 4 heteroatoms. The van der Waals surface area contributed by atoms with Crippen molar-refractivity contribution in [1.82, 2.24) is 19.5 Å². The first-order valence-electron chi connectivity index (χ1n) is 17.3. The molecule has 1 aliphatic rings. The highest BCUT2D eigenvalue weighted by Gasteiger charge is 2.23. The second-order valence-electron chi connectivity index (χ2n) is 13.2. The molecule has 51 heavy (non-hydrogen) atoms. The SMILES string of the molecule is c1ccc(-n2c3ccccc3c3ccccc32)c(-c2nc(-c3ccc4c(c3)-c3cccc5cccc-4c35)nc(-c3ccc4ccccc4c3)n2)c1. The van der Waals surface area contributed by atoms with Crippen LogP contribution in [0.2, 0.25) is 0 Å². The minimum atomic E-state index is 0.631. The van der Waals surface area contributed by atoms with Crippen LogP contribution in [0.1, 0.15) is 0 Å². The molecule has 4 nitrogen and oxygen atoms in total. The van der Waals surface area contributed by atoms with Crippen LogP contribution in [0.3, 0.4) is 0 Å². The Labute approximate surface area is 294 Å². The Morgan fingerprint density at radius 3 is 1.65 bits per heavy atom. The average Bonchev–Trinajstić information content (AvgIpc) is 3.71. The first kappa shape index (κ1) is 28.0. The van der Waals surface area contributed by atoms with Gasteiger partial charge in [-0.1, -0.05) is 133 Å². The third-order valence-electron chi connectivity index (χ3n) is 10.4. The zero-order valence-corrected chi connectivity index (χ0v) is 27.5. The van der Waals surface area contributed by atoms with Gasteiger partial charge < -0.3 is 4.57 Å². The van der Waals surface area contributed by atoms with Gasteiger partial charge in [-0.25, -0.2) is 15.0 Å². The van der Waals surface area contributed by atoms with Gasteiger partial charge in [-0.15, -0.1) is 0 Å². The maximum Gasteiger partial charge on any atom is 0.166 e. The molecule has 0 N–H and O–H groups in total. The van der Waals surface area contributed by atoms with Crippen molar-refractivity contribution in [3.8, 4) is 62.1 Å². The van der Waals surface area contributed by atoms with Gasteiger partial charge in [0.25, 0.3) is 0 Å². The lowest BCUT2D eigenvalue weighted by atomic mass is 10.0. The van der Waals surface area contributed by atoms with Crippen molar-refractivity contribution < 1.29 is 0 Å². The molecule has 0 amide bonds. The molecule has 0 unspecified atom stereocenters. The van der Waals surface area contributed by atoms with Gasteiger partial charge in [0.15, 0.2) is 17.5 Å². The molecule has 0 bridgehead atoms. The van der Waals surface area contributed by atoms with Crippen LogP contribution in [0.15, 0.2) is 170 Å². The highest BCUT2D eigenvalue weighted by molar-refractivity contribution is 6.15. The standard InChI is InChI=1S/C47H28N4/c1-2-12-31-27-32(24-23-29(31)11-1)45-48-46(33-25-26-34-37-18-9-13-30-14-10-19-38(44(30)37)40(34)28-33)50-47(49-45)39-17-5-8-22-43(39)51-41-20-6-3-15-35(41)36-16-4-7-21-42(36)51/h1-28H. The first-order chi connectivity index (χ1) is 25.3. The summed E-state index contributed by atoms with van der Waals surface area (Å²) in [5.41, 5.74) is 11.1. The van der Waals surface area contributed by atoms with Crippen LogP contribution in [0.25, 0.3) is 105 Å².